The van der Waals surface area contributed by atoms with Crippen molar-refractivity contribution < 1.29 is 24.9 Å². The second-order valence-corrected chi connectivity index (χ2v) is 5.46. The predicted octanol–water partition coefficient (Wildman–Crippen LogP) is 0.313. The molecule has 0 aliphatic carbocycles. The molecule has 1 rings (SSSR count). The van der Waals surface area contributed by atoms with Crippen LogP contribution in [0.2, 0.25) is 5.02 Å². The Balaban J connectivity index is 2.59. The average molecular weight is 369 g/mol. The maximum atomic E-state index is 11.7. The van der Waals surface area contributed by atoms with Crippen LogP contribution < -0.4 is 10.1 Å². The largest absolute Gasteiger partial charge is 0.483 e. The molecule has 112 valence electrons. The third-order valence-electron chi connectivity index (χ3n) is 2.57. The molecular formula is C12H15BrClNO5. The number of nitrogens with one attached hydrogen (secondary N) is 1. The zero-order chi connectivity index (χ0) is 15.2. The number of rotatable bonds is 7. The maximum Gasteiger partial charge on any atom is 0.258 e. The van der Waals surface area contributed by atoms with Crippen molar-refractivity contribution in [3.63, 3.8) is 0 Å². The fourth-order valence-corrected chi connectivity index (χ4v) is 2.13. The van der Waals surface area contributed by atoms with E-state index in [-0.39, 0.29) is 6.61 Å². The lowest BCUT2D eigenvalue weighted by atomic mass is 10.0. The average Bonchev–Trinajstić information content (AvgIpc) is 2.44. The van der Waals surface area contributed by atoms with E-state index in [9.17, 15) is 4.79 Å². The number of hydrogen-bond acceptors (Lipinski definition) is 5. The summed E-state index contributed by atoms with van der Waals surface area (Å²) in [7, 11) is 0. The van der Waals surface area contributed by atoms with Crippen LogP contribution in [0.15, 0.2) is 22.7 Å². The molecule has 0 unspecified atom stereocenters. The Hall–Kier alpha value is -0.860. The summed E-state index contributed by atoms with van der Waals surface area (Å²) in [4.78, 5) is 11.7. The van der Waals surface area contributed by atoms with Gasteiger partial charge in [0.2, 0.25) is 0 Å². The number of ether oxygens (including phenoxy) is 1. The third-order valence-corrected chi connectivity index (χ3v) is 3.42. The minimum Gasteiger partial charge on any atom is -0.483 e. The van der Waals surface area contributed by atoms with E-state index < -0.39 is 31.3 Å². The van der Waals surface area contributed by atoms with E-state index in [0.29, 0.717) is 15.2 Å². The van der Waals surface area contributed by atoms with E-state index in [1.807, 2.05) is 0 Å². The van der Waals surface area contributed by atoms with Gasteiger partial charge in [-0.25, -0.2) is 0 Å². The number of aliphatic hydroxyl groups is 3. The fourth-order valence-electron chi connectivity index (χ4n) is 1.34. The smallest absolute Gasteiger partial charge is 0.258 e. The van der Waals surface area contributed by atoms with Gasteiger partial charge in [-0.3, -0.25) is 4.79 Å². The van der Waals surface area contributed by atoms with Crippen molar-refractivity contribution in [2.75, 3.05) is 26.4 Å². The minimum absolute atomic E-state index is 0.331. The summed E-state index contributed by atoms with van der Waals surface area (Å²) < 4.78 is 5.86. The van der Waals surface area contributed by atoms with Gasteiger partial charge in [0.15, 0.2) is 6.61 Å². The first-order valence-corrected chi connectivity index (χ1v) is 6.85. The van der Waals surface area contributed by atoms with Gasteiger partial charge >= 0.3 is 0 Å². The lowest BCUT2D eigenvalue weighted by molar-refractivity contribution is -0.127. The normalized spacial score (nSPS) is 11.2. The summed E-state index contributed by atoms with van der Waals surface area (Å²) in [5.41, 5.74) is -1.46. The predicted molar refractivity (Wildman–Crippen MR) is 76.8 cm³/mol. The first kappa shape index (κ1) is 17.2. The van der Waals surface area contributed by atoms with Crippen LogP contribution in [0.1, 0.15) is 0 Å². The molecule has 0 atom stereocenters. The van der Waals surface area contributed by atoms with Crippen LogP contribution in [0.5, 0.6) is 5.75 Å². The molecule has 4 N–H and O–H groups in total. The standard InChI is InChI=1S/C12H15BrClNO5/c13-9-3-8(14)1-2-10(9)20-4-11(19)15-12(5-16,6-17)7-18/h1-3,16-18H,4-7H2,(H,15,19). The van der Waals surface area contributed by atoms with E-state index in [4.69, 9.17) is 31.7 Å². The molecule has 8 heteroatoms. The van der Waals surface area contributed by atoms with Crippen molar-refractivity contribution in [3.8, 4) is 5.75 Å². The molecule has 1 aromatic carbocycles. The van der Waals surface area contributed by atoms with E-state index in [2.05, 4.69) is 21.2 Å². The SMILES string of the molecule is O=C(COc1ccc(Cl)cc1Br)NC(CO)(CO)CO. The molecule has 1 aromatic rings. The van der Waals surface area contributed by atoms with Crippen molar-refractivity contribution >= 4 is 33.4 Å². The number of halogens is 2. The van der Waals surface area contributed by atoms with Crippen molar-refractivity contribution in [1.29, 1.82) is 0 Å². The minimum atomic E-state index is -1.46. The zero-order valence-corrected chi connectivity index (χ0v) is 12.8. The van der Waals surface area contributed by atoms with Crippen molar-refractivity contribution in [3.05, 3.63) is 27.7 Å². The molecule has 0 fully saturated rings. The van der Waals surface area contributed by atoms with Gasteiger partial charge in [-0.15, -0.1) is 0 Å². The van der Waals surface area contributed by atoms with Gasteiger partial charge in [-0.1, -0.05) is 11.6 Å². The second kappa shape index (κ2) is 7.80. The Morgan fingerprint density at radius 1 is 1.30 bits per heavy atom. The first-order valence-electron chi connectivity index (χ1n) is 5.68. The number of benzene rings is 1. The highest BCUT2D eigenvalue weighted by Gasteiger charge is 2.30. The molecule has 20 heavy (non-hydrogen) atoms. The summed E-state index contributed by atoms with van der Waals surface area (Å²) in [6.45, 7) is -2.09. The number of carbonyl (C=O) groups is 1. The van der Waals surface area contributed by atoms with Gasteiger partial charge in [-0.2, -0.15) is 0 Å². The summed E-state index contributed by atoms with van der Waals surface area (Å²) in [6, 6.07) is 4.82. The molecule has 0 aromatic heterocycles. The van der Waals surface area contributed by atoms with Crippen LogP contribution in [0.25, 0.3) is 0 Å². The van der Waals surface area contributed by atoms with Crippen LogP contribution in [-0.4, -0.2) is 53.2 Å². The maximum absolute atomic E-state index is 11.7. The first-order chi connectivity index (χ1) is 9.46. The Morgan fingerprint density at radius 2 is 1.90 bits per heavy atom. The van der Waals surface area contributed by atoms with E-state index in [1.165, 1.54) is 0 Å². The van der Waals surface area contributed by atoms with Crippen molar-refractivity contribution in [1.82, 2.24) is 5.32 Å². The quantitative estimate of drug-likeness (QED) is 0.555. The van der Waals surface area contributed by atoms with E-state index in [0.717, 1.165) is 0 Å². The molecular weight excluding hydrogens is 353 g/mol. The van der Waals surface area contributed by atoms with E-state index >= 15 is 0 Å². The lowest BCUT2D eigenvalue weighted by Crippen LogP contribution is -2.58. The number of amides is 1. The molecule has 0 saturated carbocycles. The van der Waals surface area contributed by atoms with Gasteiger partial charge in [0.25, 0.3) is 5.91 Å². The van der Waals surface area contributed by atoms with Gasteiger partial charge in [0, 0.05) is 5.02 Å². The Labute approximate surface area is 129 Å². The van der Waals surface area contributed by atoms with Gasteiger partial charge < -0.3 is 25.4 Å². The summed E-state index contributed by atoms with van der Waals surface area (Å²) in [5, 5.41) is 30.1. The number of aliphatic hydroxyl groups excluding tert-OH is 3. The monoisotopic (exact) mass is 367 g/mol. The number of hydrogen-bond donors (Lipinski definition) is 4. The summed E-state index contributed by atoms with van der Waals surface area (Å²) in [5.74, 6) is -0.156. The zero-order valence-electron chi connectivity index (χ0n) is 10.5. The van der Waals surface area contributed by atoms with Crippen molar-refractivity contribution in [2.24, 2.45) is 0 Å². The van der Waals surface area contributed by atoms with E-state index in [1.54, 1.807) is 18.2 Å². The van der Waals surface area contributed by atoms with Crippen molar-refractivity contribution in [2.45, 2.75) is 5.54 Å². The molecule has 0 saturated heterocycles. The molecule has 0 bridgehead atoms. The third kappa shape index (κ3) is 4.60. The summed E-state index contributed by atoms with van der Waals surface area (Å²) in [6.07, 6.45) is 0. The second-order valence-electron chi connectivity index (χ2n) is 4.17. The summed E-state index contributed by atoms with van der Waals surface area (Å²) >= 11 is 9.01. The van der Waals surface area contributed by atoms with Crippen LogP contribution in [0.3, 0.4) is 0 Å². The topological polar surface area (TPSA) is 99.0 Å². The molecule has 0 spiro atoms. The van der Waals surface area contributed by atoms with Crippen LogP contribution in [-0.2, 0) is 4.79 Å². The molecule has 6 nitrogen and oxygen atoms in total. The lowest BCUT2D eigenvalue weighted by Gasteiger charge is -2.28. The number of carbonyl (C=O) groups excluding carboxylic acids is 1. The molecule has 1 amide bonds. The highest BCUT2D eigenvalue weighted by molar-refractivity contribution is 9.10. The Kier molecular flexibility index (Phi) is 6.70. The Morgan fingerprint density at radius 3 is 2.40 bits per heavy atom. The Bertz CT molecular complexity index is 459. The van der Waals surface area contributed by atoms with Gasteiger partial charge in [0.05, 0.1) is 24.3 Å². The van der Waals surface area contributed by atoms with Crippen LogP contribution in [0, 0.1) is 0 Å². The highest BCUT2D eigenvalue weighted by atomic mass is 79.9. The highest BCUT2D eigenvalue weighted by Crippen LogP contribution is 2.27. The van der Waals surface area contributed by atoms with Crippen LogP contribution >= 0.6 is 27.5 Å². The molecule has 0 aliphatic rings. The molecule has 0 heterocycles. The van der Waals surface area contributed by atoms with Crippen LogP contribution in [0.4, 0.5) is 0 Å². The van der Waals surface area contributed by atoms with Gasteiger partial charge in [0.1, 0.15) is 11.3 Å². The fraction of sp³-hybridized carbons (Fsp3) is 0.417. The van der Waals surface area contributed by atoms with Gasteiger partial charge in [-0.05, 0) is 34.1 Å². The molecule has 0 radical (unpaired) electrons. The molecule has 0 aliphatic heterocycles.